The Hall–Kier alpha value is -3.40. The quantitative estimate of drug-likeness (QED) is 0.430. The average molecular weight is 331 g/mol. The number of aromatic nitrogens is 1. The minimum Gasteiger partial charge on any atom is -0.506 e. The van der Waals surface area contributed by atoms with Crippen molar-refractivity contribution in [3.05, 3.63) is 93.8 Å². The monoisotopic (exact) mass is 331 g/mol. The molecule has 0 bridgehead atoms. The molecule has 0 saturated carbocycles. The van der Waals surface area contributed by atoms with Crippen LogP contribution in [0.25, 0.3) is 17.0 Å². The van der Waals surface area contributed by atoms with E-state index in [-0.39, 0.29) is 11.3 Å². The summed E-state index contributed by atoms with van der Waals surface area (Å²) in [5.41, 5.74) is 1.52. The Morgan fingerprint density at radius 1 is 1.00 bits per heavy atom. The minimum atomic E-state index is -0.601. The van der Waals surface area contributed by atoms with Gasteiger partial charge in [0.2, 0.25) is 0 Å². The molecule has 0 spiro atoms. The molecule has 3 aromatic rings. The highest BCUT2D eigenvalue weighted by atomic mass is 16.3. The van der Waals surface area contributed by atoms with Crippen molar-refractivity contribution in [1.29, 1.82) is 0 Å². The number of hydrogen-bond donors (Lipinski definition) is 2. The number of para-hydroxylation sites is 1. The van der Waals surface area contributed by atoms with Crippen molar-refractivity contribution in [2.45, 2.75) is 6.92 Å². The van der Waals surface area contributed by atoms with E-state index in [0.29, 0.717) is 10.9 Å². The number of fused-ring (bicyclic) bond motifs is 1. The maximum absolute atomic E-state index is 12.4. The van der Waals surface area contributed by atoms with Gasteiger partial charge in [-0.3, -0.25) is 9.59 Å². The van der Waals surface area contributed by atoms with E-state index < -0.39 is 11.3 Å². The van der Waals surface area contributed by atoms with Gasteiger partial charge in [0.05, 0.1) is 5.52 Å². The van der Waals surface area contributed by atoms with Crippen molar-refractivity contribution >= 4 is 22.8 Å². The molecule has 0 atom stereocenters. The molecule has 4 nitrogen and oxygen atoms in total. The number of carbonyl (C=O) groups excluding carboxylic acids is 1. The van der Waals surface area contributed by atoms with E-state index in [4.69, 9.17) is 0 Å². The Bertz CT molecular complexity index is 1040. The Labute approximate surface area is 144 Å². The van der Waals surface area contributed by atoms with Crippen LogP contribution >= 0.6 is 0 Å². The lowest BCUT2D eigenvalue weighted by Crippen LogP contribution is -2.16. The first-order valence-electron chi connectivity index (χ1n) is 7.86. The molecule has 0 aliphatic rings. The highest BCUT2D eigenvalue weighted by Crippen LogP contribution is 2.25. The van der Waals surface area contributed by atoms with Crippen molar-refractivity contribution in [3.63, 3.8) is 0 Å². The minimum absolute atomic E-state index is 0.248. The molecule has 2 N–H and O–H groups in total. The average Bonchev–Trinajstić information content (AvgIpc) is 2.61. The molecule has 0 aliphatic carbocycles. The van der Waals surface area contributed by atoms with Gasteiger partial charge in [-0.15, -0.1) is 0 Å². The van der Waals surface area contributed by atoms with Crippen molar-refractivity contribution in [2.24, 2.45) is 0 Å². The maximum Gasteiger partial charge on any atom is 0.263 e. The molecule has 2 aromatic carbocycles. The zero-order valence-electron chi connectivity index (χ0n) is 13.7. The summed E-state index contributed by atoms with van der Waals surface area (Å²) >= 11 is 0. The van der Waals surface area contributed by atoms with E-state index in [1.807, 2.05) is 43.3 Å². The predicted octanol–water partition coefficient (Wildman–Crippen LogP) is 4.08. The predicted molar refractivity (Wildman–Crippen MR) is 99.8 cm³/mol. The summed E-state index contributed by atoms with van der Waals surface area (Å²) in [6.45, 7) is 1.86. The van der Waals surface area contributed by atoms with Crippen LogP contribution in [0.3, 0.4) is 0 Å². The Balaban J connectivity index is 1.92. The van der Waals surface area contributed by atoms with Gasteiger partial charge in [0.15, 0.2) is 5.78 Å². The summed E-state index contributed by atoms with van der Waals surface area (Å²) in [6.07, 6.45) is 4.85. The number of ketones is 1. The van der Waals surface area contributed by atoms with Gasteiger partial charge in [0.1, 0.15) is 11.3 Å². The summed E-state index contributed by atoms with van der Waals surface area (Å²) < 4.78 is 0. The molecule has 3 rings (SSSR count). The molecule has 1 aromatic heterocycles. The van der Waals surface area contributed by atoms with E-state index in [2.05, 4.69) is 4.98 Å². The van der Waals surface area contributed by atoms with Crippen LogP contribution in [0.4, 0.5) is 0 Å². The Morgan fingerprint density at radius 2 is 1.68 bits per heavy atom. The van der Waals surface area contributed by atoms with Crippen LogP contribution in [-0.4, -0.2) is 15.9 Å². The summed E-state index contributed by atoms with van der Waals surface area (Å²) in [4.78, 5) is 27.2. The van der Waals surface area contributed by atoms with Crippen molar-refractivity contribution < 1.29 is 9.90 Å². The first-order valence-corrected chi connectivity index (χ1v) is 7.86. The van der Waals surface area contributed by atoms with Gasteiger partial charge in [0.25, 0.3) is 5.56 Å². The van der Waals surface area contributed by atoms with E-state index in [1.54, 1.807) is 30.3 Å². The number of hydrogen-bond acceptors (Lipinski definition) is 3. The molecule has 0 fully saturated rings. The lowest BCUT2D eigenvalue weighted by atomic mass is 10.1. The molecule has 124 valence electrons. The number of allylic oxidation sites excluding steroid dienone is 3. The fraction of sp³-hybridized carbons (Fsp3) is 0.0476. The standard InChI is InChI=1S/C21H17NO3/c1-14(13-15-7-3-2-4-8-15)11-12-18(23)19-20(24)16-9-5-6-10-17(16)22-21(19)25/h2-13H,1H3,(H2,22,24,25)/b12-11+,14-13+. The normalized spacial score (nSPS) is 12.0. The largest absolute Gasteiger partial charge is 0.506 e. The van der Waals surface area contributed by atoms with Crippen LogP contribution in [0.5, 0.6) is 5.75 Å². The van der Waals surface area contributed by atoms with E-state index in [1.165, 1.54) is 6.08 Å². The first-order chi connectivity index (χ1) is 12.1. The van der Waals surface area contributed by atoms with Crippen LogP contribution in [0.15, 0.2) is 77.1 Å². The molecular formula is C21H17NO3. The van der Waals surface area contributed by atoms with Crippen LogP contribution in [0.2, 0.25) is 0 Å². The van der Waals surface area contributed by atoms with Crippen LogP contribution in [0.1, 0.15) is 22.8 Å². The second-order valence-corrected chi connectivity index (χ2v) is 5.72. The third kappa shape index (κ3) is 3.58. The molecule has 4 heteroatoms. The number of carbonyl (C=O) groups is 1. The topological polar surface area (TPSA) is 70.2 Å². The van der Waals surface area contributed by atoms with Gasteiger partial charge in [-0.1, -0.05) is 60.2 Å². The first kappa shape index (κ1) is 16.5. The van der Waals surface area contributed by atoms with Gasteiger partial charge >= 0.3 is 0 Å². The van der Waals surface area contributed by atoms with Gasteiger partial charge in [-0.05, 0) is 30.7 Å². The van der Waals surface area contributed by atoms with E-state index >= 15 is 0 Å². The fourth-order valence-electron chi connectivity index (χ4n) is 2.60. The molecule has 0 radical (unpaired) electrons. The van der Waals surface area contributed by atoms with E-state index in [0.717, 1.165) is 11.1 Å². The van der Waals surface area contributed by atoms with Crippen molar-refractivity contribution in [1.82, 2.24) is 4.98 Å². The summed E-state index contributed by atoms with van der Waals surface area (Å²) in [5.74, 6) is -0.830. The number of pyridine rings is 1. The number of aromatic hydroxyl groups is 1. The molecule has 0 aliphatic heterocycles. The second-order valence-electron chi connectivity index (χ2n) is 5.72. The number of nitrogens with one attached hydrogen (secondary N) is 1. The lowest BCUT2D eigenvalue weighted by Gasteiger charge is -2.04. The Morgan fingerprint density at radius 3 is 2.44 bits per heavy atom. The SMILES string of the molecule is CC(/C=C/C(=O)c1c(O)c2ccccc2[nH]c1=O)=C\c1ccccc1. The van der Waals surface area contributed by atoms with Gasteiger partial charge < -0.3 is 10.1 Å². The number of aromatic amines is 1. The Kier molecular flexibility index (Phi) is 4.61. The molecule has 0 unspecified atom stereocenters. The molecule has 25 heavy (non-hydrogen) atoms. The summed E-state index contributed by atoms with van der Waals surface area (Å²) in [5, 5.41) is 10.8. The molecule has 0 amide bonds. The summed E-state index contributed by atoms with van der Waals surface area (Å²) in [7, 11) is 0. The smallest absolute Gasteiger partial charge is 0.263 e. The zero-order valence-corrected chi connectivity index (χ0v) is 13.7. The third-order valence-electron chi connectivity index (χ3n) is 3.83. The van der Waals surface area contributed by atoms with Gasteiger partial charge in [0, 0.05) is 5.39 Å². The van der Waals surface area contributed by atoms with Crippen molar-refractivity contribution in [3.8, 4) is 5.75 Å². The van der Waals surface area contributed by atoms with Gasteiger partial charge in [-0.25, -0.2) is 0 Å². The van der Waals surface area contributed by atoms with Crippen LogP contribution < -0.4 is 5.56 Å². The maximum atomic E-state index is 12.4. The highest BCUT2D eigenvalue weighted by Gasteiger charge is 2.16. The van der Waals surface area contributed by atoms with E-state index in [9.17, 15) is 14.7 Å². The van der Waals surface area contributed by atoms with Crippen LogP contribution in [0, 0.1) is 0 Å². The van der Waals surface area contributed by atoms with Crippen LogP contribution in [-0.2, 0) is 0 Å². The fourth-order valence-corrected chi connectivity index (χ4v) is 2.60. The molecular weight excluding hydrogens is 314 g/mol. The zero-order chi connectivity index (χ0) is 17.8. The number of H-pyrrole nitrogens is 1. The number of benzene rings is 2. The summed E-state index contributed by atoms with van der Waals surface area (Å²) in [6, 6.07) is 16.5. The lowest BCUT2D eigenvalue weighted by molar-refractivity contribution is 0.104. The highest BCUT2D eigenvalue weighted by molar-refractivity contribution is 6.09. The van der Waals surface area contributed by atoms with Gasteiger partial charge in [-0.2, -0.15) is 0 Å². The molecule has 0 saturated heterocycles. The second kappa shape index (κ2) is 7.01. The number of rotatable bonds is 4. The third-order valence-corrected chi connectivity index (χ3v) is 3.83. The molecule has 1 heterocycles. The van der Waals surface area contributed by atoms with Crippen molar-refractivity contribution in [2.75, 3.05) is 0 Å².